The predicted octanol–water partition coefficient (Wildman–Crippen LogP) is 2.25. The van der Waals surface area contributed by atoms with Crippen molar-refractivity contribution in [1.29, 1.82) is 0 Å². The van der Waals surface area contributed by atoms with Gasteiger partial charge in [-0.2, -0.15) is 5.10 Å². The lowest BCUT2D eigenvalue weighted by Gasteiger charge is -2.14. The molecule has 1 N–H and O–H groups in total. The van der Waals surface area contributed by atoms with E-state index in [1.165, 1.54) is 10.4 Å². The van der Waals surface area contributed by atoms with Gasteiger partial charge in [0.25, 0.3) is 0 Å². The van der Waals surface area contributed by atoms with Gasteiger partial charge >= 0.3 is 0 Å². The minimum Gasteiger partial charge on any atom is -0.309 e. The summed E-state index contributed by atoms with van der Waals surface area (Å²) in [4.78, 5) is 5.43. The molecule has 2 aromatic heterocycles. The SMILES string of the molecule is CCNC(Cc1cnn(CC)c1)c1cncs1. The molecule has 4 nitrogen and oxygen atoms in total. The number of aromatic nitrogens is 3. The van der Waals surface area contributed by atoms with E-state index in [4.69, 9.17) is 0 Å². The fraction of sp³-hybridized carbons (Fsp3) is 0.500. The first-order valence-electron chi connectivity index (χ1n) is 5.96. The number of nitrogens with one attached hydrogen (secondary N) is 1. The van der Waals surface area contributed by atoms with Gasteiger partial charge in [-0.25, -0.2) is 0 Å². The van der Waals surface area contributed by atoms with Gasteiger partial charge in [-0.1, -0.05) is 6.92 Å². The smallest absolute Gasteiger partial charge is 0.0794 e. The van der Waals surface area contributed by atoms with E-state index in [-0.39, 0.29) is 0 Å². The number of likely N-dealkylation sites (N-methyl/N-ethyl adjacent to an activating group) is 1. The number of aryl methyl sites for hydroxylation is 1. The van der Waals surface area contributed by atoms with Gasteiger partial charge in [-0.15, -0.1) is 11.3 Å². The van der Waals surface area contributed by atoms with Gasteiger partial charge in [0.2, 0.25) is 0 Å². The van der Waals surface area contributed by atoms with Gasteiger partial charge in [-0.05, 0) is 25.5 Å². The normalized spacial score (nSPS) is 12.8. The van der Waals surface area contributed by atoms with Crippen molar-refractivity contribution < 1.29 is 0 Å². The zero-order chi connectivity index (χ0) is 12.1. The molecule has 0 aromatic carbocycles. The van der Waals surface area contributed by atoms with Crippen molar-refractivity contribution in [3.63, 3.8) is 0 Å². The Morgan fingerprint density at radius 3 is 2.88 bits per heavy atom. The topological polar surface area (TPSA) is 42.7 Å². The molecule has 0 aliphatic rings. The third-order valence-electron chi connectivity index (χ3n) is 2.70. The van der Waals surface area contributed by atoms with E-state index in [2.05, 4.69) is 35.4 Å². The average Bonchev–Trinajstić information content (AvgIpc) is 2.99. The first-order valence-corrected chi connectivity index (χ1v) is 6.84. The largest absolute Gasteiger partial charge is 0.309 e. The van der Waals surface area contributed by atoms with E-state index in [1.54, 1.807) is 11.3 Å². The fourth-order valence-electron chi connectivity index (χ4n) is 1.84. The number of hydrogen-bond acceptors (Lipinski definition) is 4. The van der Waals surface area contributed by atoms with Gasteiger partial charge in [0, 0.05) is 29.9 Å². The summed E-state index contributed by atoms with van der Waals surface area (Å²) < 4.78 is 1.96. The maximum atomic E-state index is 4.31. The second-order valence-corrected chi connectivity index (χ2v) is 4.84. The predicted molar refractivity (Wildman–Crippen MR) is 70.1 cm³/mol. The molecule has 92 valence electrons. The Kier molecular flexibility index (Phi) is 4.28. The van der Waals surface area contributed by atoms with Crippen molar-refractivity contribution in [2.24, 2.45) is 0 Å². The maximum Gasteiger partial charge on any atom is 0.0794 e. The molecule has 2 aromatic rings. The maximum absolute atomic E-state index is 4.31. The Hall–Kier alpha value is -1.20. The highest BCUT2D eigenvalue weighted by molar-refractivity contribution is 7.09. The lowest BCUT2D eigenvalue weighted by molar-refractivity contribution is 0.556. The molecular formula is C12H18N4S. The van der Waals surface area contributed by atoms with Crippen LogP contribution >= 0.6 is 11.3 Å². The van der Waals surface area contributed by atoms with Crippen molar-refractivity contribution in [2.45, 2.75) is 32.9 Å². The van der Waals surface area contributed by atoms with Crippen molar-refractivity contribution in [3.8, 4) is 0 Å². The first kappa shape index (κ1) is 12.3. The second kappa shape index (κ2) is 5.93. The number of rotatable bonds is 6. The van der Waals surface area contributed by atoms with Gasteiger partial charge in [0.05, 0.1) is 11.7 Å². The Morgan fingerprint density at radius 1 is 1.41 bits per heavy atom. The summed E-state index contributed by atoms with van der Waals surface area (Å²) in [6.45, 7) is 6.11. The zero-order valence-corrected chi connectivity index (χ0v) is 11.1. The monoisotopic (exact) mass is 250 g/mol. The summed E-state index contributed by atoms with van der Waals surface area (Å²) in [6, 6.07) is 0.349. The molecule has 2 heterocycles. The molecule has 1 atom stereocenters. The number of nitrogens with zero attached hydrogens (tertiary/aromatic N) is 3. The quantitative estimate of drug-likeness (QED) is 0.855. The Balaban J connectivity index is 2.07. The standard InChI is InChI=1S/C12H18N4S/c1-3-14-11(12-7-13-9-17-12)5-10-6-15-16(4-2)8-10/h6-9,11,14H,3-5H2,1-2H3. The highest BCUT2D eigenvalue weighted by Crippen LogP contribution is 2.21. The molecule has 0 bridgehead atoms. The van der Waals surface area contributed by atoms with Crippen LogP contribution in [0.25, 0.3) is 0 Å². The molecule has 0 aliphatic heterocycles. The van der Waals surface area contributed by atoms with E-state index in [1.807, 2.05) is 22.6 Å². The van der Waals surface area contributed by atoms with Crippen molar-refractivity contribution in [3.05, 3.63) is 34.5 Å². The molecule has 0 saturated carbocycles. The summed E-state index contributed by atoms with van der Waals surface area (Å²) >= 11 is 1.70. The fourth-order valence-corrected chi connectivity index (χ4v) is 2.53. The minimum atomic E-state index is 0.349. The molecule has 0 fully saturated rings. The van der Waals surface area contributed by atoms with Crippen LogP contribution in [0.3, 0.4) is 0 Å². The lowest BCUT2D eigenvalue weighted by atomic mass is 10.1. The third kappa shape index (κ3) is 3.14. The minimum absolute atomic E-state index is 0.349. The molecular weight excluding hydrogens is 232 g/mol. The molecule has 1 unspecified atom stereocenters. The van der Waals surface area contributed by atoms with E-state index in [0.29, 0.717) is 6.04 Å². The highest BCUT2D eigenvalue weighted by Gasteiger charge is 2.13. The molecule has 0 radical (unpaired) electrons. The van der Waals surface area contributed by atoms with Gasteiger partial charge in [0.1, 0.15) is 0 Å². The summed E-state index contributed by atoms with van der Waals surface area (Å²) in [5.74, 6) is 0. The average molecular weight is 250 g/mol. The molecule has 0 aliphatic carbocycles. The van der Waals surface area contributed by atoms with E-state index in [0.717, 1.165) is 19.5 Å². The summed E-state index contributed by atoms with van der Waals surface area (Å²) in [6.07, 6.45) is 6.98. The van der Waals surface area contributed by atoms with Crippen molar-refractivity contribution in [2.75, 3.05) is 6.54 Å². The van der Waals surface area contributed by atoms with Crippen LogP contribution in [0, 0.1) is 0 Å². The van der Waals surface area contributed by atoms with Gasteiger partial charge in [-0.3, -0.25) is 9.67 Å². The van der Waals surface area contributed by atoms with Crippen LogP contribution in [0.1, 0.15) is 30.3 Å². The highest BCUT2D eigenvalue weighted by atomic mass is 32.1. The first-order chi connectivity index (χ1) is 8.33. The van der Waals surface area contributed by atoms with Crippen molar-refractivity contribution in [1.82, 2.24) is 20.1 Å². The molecule has 0 saturated heterocycles. The molecule has 5 heteroatoms. The van der Waals surface area contributed by atoms with E-state index in [9.17, 15) is 0 Å². The van der Waals surface area contributed by atoms with Crippen LogP contribution in [-0.4, -0.2) is 21.3 Å². The number of thiazole rings is 1. The molecule has 0 amide bonds. The second-order valence-electron chi connectivity index (χ2n) is 3.92. The van der Waals surface area contributed by atoms with Crippen molar-refractivity contribution >= 4 is 11.3 Å². The van der Waals surface area contributed by atoms with E-state index >= 15 is 0 Å². The summed E-state index contributed by atoms with van der Waals surface area (Å²) in [5, 5.41) is 7.80. The number of hydrogen-bond donors (Lipinski definition) is 1. The Labute approximate surface area is 106 Å². The van der Waals surface area contributed by atoms with Crippen LogP contribution in [0.15, 0.2) is 24.1 Å². The molecule has 2 rings (SSSR count). The van der Waals surface area contributed by atoms with Crippen LogP contribution < -0.4 is 5.32 Å². The Bertz CT molecular complexity index is 435. The van der Waals surface area contributed by atoms with Gasteiger partial charge in [0.15, 0.2) is 0 Å². The van der Waals surface area contributed by atoms with Crippen LogP contribution in [0.4, 0.5) is 0 Å². The van der Waals surface area contributed by atoms with Gasteiger partial charge < -0.3 is 5.32 Å². The molecule has 0 spiro atoms. The Morgan fingerprint density at radius 2 is 2.29 bits per heavy atom. The van der Waals surface area contributed by atoms with Crippen LogP contribution in [-0.2, 0) is 13.0 Å². The van der Waals surface area contributed by atoms with E-state index < -0.39 is 0 Å². The molecule has 17 heavy (non-hydrogen) atoms. The van der Waals surface area contributed by atoms with Crippen LogP contribution in [0.5, 0.6) is 0 Å². The summed E-state index contributed by atoms with van der Waals surface area (Å²) in [5.41, 5.74) is 3.15. The third-order valence-corrected chi connectivity index (χ3v) is 3.59. The summed E-state index contributed by atoms with van der Waals surface area (Å²) in [7, 11) is 0. The van der Waals surface area contributed by atoms with Crippen LogP contribution in [0.2, 0.25) is 0 Å². The lowest BCUT2D eigenvalue weighted by Crippen LogP contribution is -2.21. The zero-order valence-electron chi connectivity index (χ0n) is 10.3.